The Morgan fingerprint density at radius 2 is 1.69 bits per heavy atom. The van der Waals surface area contributed by atoms with Crippen LogP contribution in [0.2, 0.25) is 0 Å². The lowest BCUT2D eigenvalue weighted by Crippen LogP contribution is -2.22. The second-order valence-electron chi connectivity index (χ2n) is 4.11. The molecule has 0 amide bonds. The van der Waals surface area contributed by atoms with E-state index in [0.717, 1.165) is 12.2 Å². The molecule has 0 heterocycles. The van der Waals surface area contributed by atoms with E-state index in [1.165, 1.54) is 5.56 Å². The van der Waals surface area contributed by atoms with E-state index in [0.29, 0.717) is 0 Å². The van der Waals surface area contributed by atoms with Crippen LogP contribution in [0.4, 0.5) is 0 Å². The predicted molar refractivity (Wildman–Crippen MR) is 55.9 cm³/mol. The van der Waals surface area contributed by atoms with E-state index in [9.17, 15) is 0 Å². The van der Waals surface area contributed by atoms with E-state index in [-0.39, 0.29) is 5.60 Å². The van der Waals surface area contributed by atoms with Crippen LogP contribution in [0.15, 0.2) is 24.3 Å². The molecule has 0 unspecified atom stereocenters. The Morgan fingerprint density at radius 1 is 1.15 bits per heavy atom. The first kappa shape index (κ1) is 10.1. The van der Waals surface area contributed by atoms with Gasteiger partial charge in [-0.2, -0.15) is 0 Å². The Balaban J connectivity index is 2.70. The normalized spacial score (nSPS) is 11.4. The Kier molecular flexibility index (Phi) is 2.97. The molecule has 0 fully saturated rings. The first-order chi connectivity index (χ1) is 6.01. The number of hydrogen-bond donors (Lipinski definition) is 0. The molecule has 1 rings (SSSR count). The van der Waals surface area contributed by atoms with Crippen molar-refractivity contribution >= 4 is 0 Å². The molecule has 13 heavy (non-hydrogen) atoms. The second-order valence-corrected chi connectivity index (χ2v) is 4.11. The zero-order valence-electron chi connectivity index (χ0n) is 8.63. The molecule has 1 aromatic carbocycles. The molecule has 1 nitrogen and oxygen atoms in total. The third-order valence-electron chi connectivity index (χ3n) is 1.64. The van der Waals surface area contributed by atoms with Gasteiger partial charge in [-0.05, 0) is 51.8 Å². The van der Waals surface area contributed by atoms with Gasteiger partial charge in [0.15, 0.2) is 0 Å². The minimum atomic E-state index is -0.119. The highest BCUT2D eigenvalue weighted by atomic mass is 16.5. The van der Waals surface area contributed by atoms with E-state index in [4.69, 9.17) is 4.74 Å². The zero-order chi connectivity index (χ0) is 9.90. The SMILES string of the molecule is [CH2]Cc1ccc(OC(C)(C)C)cc1. The van der Waals surface area contributed by atoms with Gasteiger partial charge >= 0.3 is 0 Å². The van der Waals surface area contributed by atoms with Crippen LogP contribution in [0.5, 0.6) is 5.75 Å². The van der Waals surface area contributed by atoms with Crippen LogP contribution in [-0.2, 0) is 6.42 Å². The third-order valence-corrected chi connectivity index (χ3v) is 1.64. The zero-order valence-corrected chi connectivity index (χ0v) is 8.63. The summed E-state index contributed by atoms with van der Waals surface area (Å²) in [6.07, 6.45) is 0.829. The van der Waals surface area contributed by atoms with Gasteiger partial charge in [0.25, 0.3) is 0 Å². The highest BCUT2D eigenvalue weighted by Gasteiger charge is 2.10. The fraction of sp³-hybridized carbons (Fsp3) is 0.417. The Morgan fingerprint density at radius 3 is 2.08 bits per heavy atom. The van der Waals surface area contributed by atoms with Crippen LogP contribution in [-0.4, -0.2) is 5.60 Å². The van der Waals surface area contributed by atoms with E-state index >= 15 is 0 Å². The topological polar surface area (TPSA) is 9.23 Å². The fourth-order valence-electron chi connectivity index (χ4n) is 1.08. The quantitative estimate of drug-likeness (QED) is 0.674. The van der Waals surface area contributed by atoms with Crippen LogP contribution in [0.25, 0.3) is 0 Å². The summed E-state index contributed by atoms with van der Waals surface area (Å²) >= 11 is 0. The fourth-order valence-corrected chi connectivity index (χ4v) is 1.08. The van der Waals surface area contributed by atoms with Crippen molar-refractivity contribution in [1.29, 1.82) is 0 Å². The molecule has 0 atom stereocenters. The van der Waals surface area contributed by atoms with E-state index in [1.54, 1.807) is 0 Å². The first-order valence-corrected chi connectivity index (χ1v) is 4.58. The highest BCUT2D eigenvalue weighted by molar-refractivity contribution is 5.27. The van der Waals surface area contributed by atoms with Gasteiger partial charge in [0.05, 0.1) is 0 Å². The number of rotatable bonds is 2. The molecule has 0 aliphatic carbocycles. The van der Waals surface area contributed by atoms with Gasteiger partial charge in [-0.25, -0.2) is 0 Å². The maximum Gasteiger partial charge on any atom is 0.120 e. The Labute approximate surface area is 80.7 Å². The third kappa shape index (κ3) is 3.49. The minimum Gasteiger partial charge on any atom is -0.488 e. The number of hydrogen-bond acceptors (Lipinski definition) is 1. The first-order valence-electron chi connectivity index (χ1n) is 4.58. The molecule has 0 aliphatic heterocycles. The van der Waals surface area contributed by atoms with Crippen LogP contribution in [0.3, 0.4) is 0 Å². The maximum atomic E-state index is 5.68. The van der Waals surface area contributed by atoms with Gasteiger partial charge in [-0.1, -0.05) is 12.1 Å². The van der Waals surface area contributed by atoms with Gasteiger partial charge < -0.3 is 4.74 Å². The summed E-state index contributed by atoms with van der Waals surface area (Å²) in [6.45, 7) is 9.95. The second kappa shape index (κ2) is 3.82. The summed E-state index contributed by atoms with van der Waals surface area (Å²) in [5.74, 6) is 0.921. The molecule has 0 bridgehead atoms. The van der Waals surface area contributed by atoms with Crippen LogP contribution in [0, 0.1) is 6.92 Å². The lowest BCUT2D eigenvalue weighted by molar-refractivity contribution is 0.131. The molecular weight excluding hydrogens is 160 g/mol. The van der Waals surface area contributed by atoms with Gasteiger partial charge in [0, 0.05) is 0 Å². The molecule has 71 valence electrons. The molecule has 1 aromatic rings. The average molecular weight is 177 g/mol. The van der Waals surface area contributed by atoms with Crippen LogP contribution < -0.4 is 4.74 Å². The molecule has 0 spiro atoms. The number of ether oxygens (including phenoxy) is 1. The van der Waals surface area contributed by atoms with Crippen molar-refractivity contribution in [2.45, 2.75) is 32.8 Å². The van der Waals surface area contributed by atoms with Crippen molar-refractivity contribution in [3.63, 3.8) is 0 Å². The minimum absolute atomic E-state index is 0.119. The molecule has 1 radical (unpaired) electrons. The molecule has 0 saturated carbocycles. The van der Waals surface area contributed by atoms with Gasteiger partial charge in [0.2, 0.25) is 0 Å². The van der Waals surface area contributed by atoms with Crippen molar-refractivity contribution in [3.8, 4) is 5.75 Å². The molecular formula is C12H17O. The van der Waals surface area contributed by atoms with Gasteiger partial charge in [0.1, 0.15) is 11.4 Å². The predicted octanol–water partition coefficient (Wildman–Crippen LogP) is 3.24. The van der Waals surface area contributed by atoms with E-state index in [1.807, 2.05) is 45.0 Å². The van der Waals surface area contributed by atoms with E-state index < -0.39 is 0 Å². The molecule has 0 aliphatic rings. The molecule has 0 aromatic heterocycles. The standard InChI is InChI=1S/C12H17O/c1-5-10-6-8-11(9-7-10)13-12(2,3)4/h6-9H,1,5H2,2-4H3. The molecule has 1 heteroatoms. The molecule has 0 N–H and O–H groups in total. The summed E-state index contributed by atoms with van der Waals surface area (Å²) in [5.41, 5.74) is 1.12. The molecule has 0 saturated heterocycles. The monoisotopic (exact) mass is 177 g/mol. The van der Waals surface area contributed by atoms with Crippen molar-refractivity contribution in [2.75, 3.05) is 0 Å². The summed E-state index contributed by atoms with van der Waals surface area (Å²) in [7, 11) is 0. The Bertz CT molecular complexity index is 253. The van der Waals surface area contributed by atoms with Crippen LogP contribution >= 0.6 is 0 Å². The summed E-state index contributed by atoms with van der Waals surface area (Å²) in [5, 5.41) is 0. The van der Waals surface area contributed by atoms with Crippen molar-refractivity contribution in [2.24, 2.45) is 0 Å². The largest absolute Gasteiger partial charge is 0.488 e. The summed E-state index contributed by atoms with van der Waals surface area (Å²) < 4.78 is 5.68. The van der Waals surface area contributed by atoms with Crippen LogP contribution in [0.1, 0.15) is 26.3 Å². The van der Waals surface area contributed by atoms with E-state index in [2.05, 4.69) is 6.92 Å². The Hall–Kier alpha value is -0.980. The lowest BCUT2D eigenvalue weighted by atomic mass is 10.1. The summed E-state index contributed by atoms with van der Waals surface area (Å²) in [6, 6.07) is 8.08. The van der Waals surface area contributed by atoms with Gasteiger partial charge in [-0.15, -0.1) is 0 Å². The van der Waals surface area contributed by atoms with Gasteiger partial charge in [-0.3, -0.25) is 0 Å². The van der Waals surface area contributed by atoms with Crippen molar-refractivity contribution in [1.82, 2.24) is 0 Å². The average Bonchev–Trinajstić information content (AvgIpc) is 2.03. The lowest BCUT2D eigenvalue weighted by Gasteiger charge is -2.21. The summed E-state index contributed by atoms with van der Waals surface area (Å²) in [4.78, 5) is 0. The van der Waals surface area contributed by atoms with Crippen molar-refractivity contribution < 1.29 is 4.74 Å². The smallest absolute Gasteiger partial charge is 0.120 e. The van der Waals surface area contributed by atoms with Crippen molar-refractivity contribution in [3.05, 3.63) is 36.8 Å². The number of benzene rings is 1. The highest BCUT2D eigenvalue weighted by Crippen LogP contribution is 2.18. The maximum absolute atomic E-state index is 5.68.